The third-order valence-corrected chi connectivity index (χ3v) is 6.27. The number of hydrogen-bond acceptors (Lipinski definition) is 7. The van der Waals surface area contributed by atoms with E-state index in [-0.39, 0.29) is 5.56 Å². The minimum Gasteiger partial charge on any atom is -0.493 e. The van der Waals surface area contributed by atoms with E-state index in [2.05, 4.69) is 18.8 Å². The monoisotopic (exact) mass is 465 g/mol. The Morgan fingerprint density at radius 3 is 2.61 bits per heavy atom. The Bertz CT molecular complexity index is 1310. The number of ether oxygens (including phenoxy) is 2. The maximum atomic E-state index is 13.1. The second-order valence-corrected chi connectivity index (χ2v) is 8.98. The lowest BCUT2D eigenvalue weighted by Gasteiger charge is -2.13. The quantitative estimate of drug-likeness (QED) is 0.242. The van der Waals surface area contributed by atoms with Crippen LogP contribution in [0.1, 0.15) is 26.2 Å². The van der Waals surface area contributed by atoms with Gasteiger partial charge < -0.3 is 13.9 Å². The SMILES string of the molecule is COc1ccc(-c2coc(CSc3nc4ccccc4c(=O)n3CCC(C)C)n2)cc1OC. The van der Waals surface area contributed by atoms with Gasteiger partial charge in [0.25, 0.3) is 5.56 Å². The molecular formula is C25H27N3O4S. The van der Waals surface area contributed by atoms with Crippen molar-refractivity contribution in [2.45, 2.75) is 37.7 Å². The molecule has 4 aromatic rings. The van der Waals surface area contributed by atoms with Gasteiger partial charge in [-0.15, -0.1) is 0 Å². The van der Waals surface area contributed by atoms with Gasteiger partial charge in [-0.05, 0) is 42.7 Å². The van der Waals surface area contributed by atoms with Crippen molar-refractivity contribution in [3.8, 4) is 22.8 Å². The number of rotatable bonds is 9. The lowest BCUT2D eigenvalue weighted by Crippen LogP contribution is -2.24. The Morgan fingerprint density at radius 1 is 1.06 bits per heavy atom. The summed E-state index contributed by atoms with van der Waals surface area (Å²) in [6.07, 6.45) is 2.52. The predicted molar refractivity (Wildman–Crippen MR) is 130 cm³/mol. The van der Waals surface area contributed by atoms with Crippen molar-refractivity contribution < 1.29 is 13.9 Å². The summed E-state index contributed by atoms with van der Waals surface area (Å²) in [4.78, 5) is 22.5. The maximum absolute atomic E-state index is 13.1. The van der Waals surface area contributed by atoms with Crippen molar-refractivity contribution in [1.82, 2.24) is 14.5 Å². The third kappa shape index (κ3) is 5.06. The fraction of sp³-hybridized carbons (Fsp3) is 0.320. The Hall–Kier alpha value is -3.26. The van der Waals surface area contributed by atoms with Gasteiger partial charge in [-0.1, -0.05) is 37.7 Å². The van der Waals surface area contributed by atoms with E-state index >= 15 is 0 Å². The number of methoxy groups -OCH3 is 2. The highest BCUT2D eigenvalue weighted by molar-refractivity contribution is 7.98. The van der Waals surface area contributed by atoms with Gasteiger partial charge in [0.05, 0.1) is 30.9 Å². The summed E-state index contributed by atoms with van der Waals surface area (Å²) in [6.45, 7) is 4.92. The molecule has 0 unspecified atom stereocenters. The molecule has 0 aliphatic carbocycles. The Labute approximate surface area is 196 Å². The average Bonchev–Trinajstić information content (AvgIpc) is 3.30. The predicted octanol–water partition coefficient (Wildman–Crippen LogP) is 5.41. The highest BCUT2D eigenvalue weighted by Crippen LogP contribution is 2.32. The number of oxazole rings is 1. The molecule has 2 heterocycles. The lowest BCUT2D eigenvalue weighted by molar-refractivity contribution is 0.355. The van der Waals surface area contributed by atoms with Crippen molar-refractivity contribution in [3.05, 3.63) is 65.0 Å². The van der Waals surface area contributed by atoms with Crippen molar-refractivity contribution in [1.29, 1.82) is 0 Å². The molecule has 2 aromatic carbocycles. The number of hydrogen-bond donors (Lipinski definition) is 0. The van der Waals surface area contributed by atoms with E-state index in [9.17, 15) is 4.79 Å². The first-order valence-electron chi connectivity index (χ1n) is 10.8. The molecule has 8 heteroatoms. The van der Waals surface area contributed by atoms with Crippen LogP contribution in [0, 0.1) is 5.92 Å². The highest BCUT2D eigenvalue weighted by atomic mass is 32.2. The van der Waals surface area contributed by atoms with Gasteiger partial charge in [0.2, 0.25) is 5.89 Å². The van der Waals surface area contributed by atoms with Gasteiger partial charge in [-0.25, -0.2) is 9.97 Å². The van der Waals surface area contributed by atoms with Crippen molar-refractivity contribution in [2.24, 2.45) is 5.92 Å². The molecule has 0 aliphatic heterocycles. The molecule has 4 rings (SSSR count). The minimum absolute atomic E-state index is 0.0119. The van der Waals surface area contributed by atoms with Gasteiger partial charge in [0.15, 0.2) is 16.7 Å². The normalized spacial score (nSPS) is 11.3. The Morgan fingerprint density at radius 2 is 1.85 bits per heavy atom. The molecule has 2 aromatic heterocycles. The molecule has 7 nitrogen and oxygen atoms in total. The lowest BCUT2D eigenvalue weighted by atomic mass is 10.1. The molecule has 0 fully saturated rings. The summed E-state index contributed by atoms with van der Waals surface area (Å²) < 4.78 is 18.2. The number of aromatic nitrogens is 3. The van der Waals surface area contributed by atoms with Crippen LogP contribution in [-0.2, 0) is 12.3 Å². The standard InChI is InChI=1S/C25H27N3O4S/c1-16(2)11-12-28-24(29)18-7-5-6-8-19(18)27-25(28)33-15-23-26-20(14-32-23)17-9-10-21(30-3)22(13-17)31-4/h5-10,13-14,16H,11-12,15H2,1-4H3. The van der Waals surface area contributed by atoms with Crippen LogP contribution in [0.4, 0.5) is 0 Å². The zero-order valence-corrected chi connectivity index (χ0v) is 20.0. The first-order chi connectivity index (χ1) is 16.0. The zero-order chi connectivity index (χ0) is 23.4. The Kier molecular flexibility index (Phi) is 7.03. The van der Waals surface area contributed by atoms with E-state index in [1.165, 1.54) is 11.8 Å². The fourth-order valence-corrected chi connectivity index (χ4v) is 4.35. The van der Waals surface area contributed by atoms with Gasteiger partial charge in [-0.2, -0.15) is 0 Å². The number of thioether (sulfide) groups is 1. The van der Waals surface area contributed by atoms with Crippen LogP contribution >= 0.6 is 11.8 Å². The number of fused-ring (bicyclic) bond motifs is 1. The van der Waals surface area contributed by atoms with Crippen LogP contribution in [0.15, 0.2) is 63.1 Å². The van der Waals surface area contributed by atoms with Crippen LogP contribution in [-0.4, -0.2) is 28.8 Å². The molecule has 0 amide bonds. The third-order valence-electron chi connectivity index (χ3n) is 5.31. The topological polar surface area (TPSA) is 79.4 Å². The summed E-state index contributed by atoms with van der Waals surface area (Å²) >= 11 is 1.45. The molecule has 0 saturated heterocycles. The minimum atomic E-state index is -0.0119. The van der Waals surface area contributed by atoms with E-state index in [0.717, 1.165) is 12.0 Å². The van der Waals surface area contributed by atoms with E-state index in [1.807, 2.05) is 42.5 Å². The van der Waals surface area contributed by atoms with Crippen molar-refractivity contribution in [3.63, 3.8) is 0 Å². The summed E-state index contributed by atoms with van der Waals surface area (Å²) in [6, 6.07) is 13.1. The van der Waals surface area contributed by atoms with Crippen LogP contribution in [0.2, 0.25) is 0 Å². The average molecular weight is 466 g/mol. The highest BCUT2D eigenvalue weighted by Gasteiger charge is 2.15. The zero-order valence-electron chi connectivity index (χ0n) is 19.2. The summed E-state index contributed by atoms with van der Waals surface area (Å²) in [7, 11) is 3.20. The van der Waals surface area contributed by atoms with Crippen LogP contribution in [0.25, 0.3) is 22.2 Å². The molecule has 0 aliphatic rings. The second-order valence-electron chi connectivity index (χ2n) is 8.04. The van der Waals surface area contributed by atoms with Crippen molar-refractivity contribution >= 4 is 22.7 Å². The maximum Gasteiger partial charge on any atom is 0.262 e. The van der Waals surface area contributed by atoms with Crippen LogP contribution in [0.3, 0.4) is 0 Å². The smallest absolute Gasteiger partial charge is 0.262 e. The molecule has 0 N–H and O–H groups in total. The Balaban J connectivity index is 1.58. The first-order valence-corrected chi connectivity index (χ1v) is 11.8. The van der Waals surface area contributed by atoms with Gasteiger partial charge in [-0.3, -0.25) is 9.36 Å². The molecule has 0 radical (unpaired) electrons. The van der Waals surface area contributed by atoms with E-state index in [4.69, 9.17) is 18.9 Å². The van der Waals surface area contributed by atoms with E-state index < -0.39 is 0 Å². The van der Waals surface area contributed by atoms with Crippen LogP contribution < -0.4 is 15.0 Å². The van der Waals surface area contributed by atoms with Gasteiger partial charge in [0.1, 0.15) is 12.0 Å². The molecule has 0 bridgehead atoms. The van der Waals surface area contributed by atoms with E-state index in [1.54, 1.807) is 25.0 Å². The molecular weight excluding hydrogens is 438 g/mol. The molecule has 172 valence electrons. The first kappa shape index (κ1) is 22.9. The summed E-state index contributed by atoms with van der Waals surface area (Å²) in [5.41, 5.74) is 2.26. The molecule has 0 atom stereocenters. The second kappa shape index (κ2) is 10.1. The van der Waals surface area contributed by atoms with E-state index in [0.29, 0.717) is 57.4 Å². The number of benzene rings is 2. The molecule has 33 heavy (non-hydrogen) atoms. The fourth-order valence-electron chi connectivity index (χ4n) is 3.47. The largest absolute Gasteiger partial charge is 0.493 e. The molecule has 0 saturated carbocycles. The number of para-hydroxylation sites is 1. The number of nitrogens with zero attached hydrogens (tertiary/aromatic N) is 3. The summed E-state index contributed by atoms with van der Waals surface area (Å²) in [5.74, 6) is 2.78. The van der Waals surface area contributed by atoms with Gasteiger partial charge >= 0.3 is 0 Å². The van der Waals surface area contributed by atoms with Crippen LogP contribution in [0.5, 0.6) is 11.5 Å². The summed E-state index contributed by atoms with van der Waals surface area (Å²) in [5, 5.41) is 1.31. The van der Waals surface area contributed by atoms with Gasteiger partial charge in [0, 0.05) is 12.1 Å². The van der Waals surface area contributed by atoms with Crippen molar-refractivity contribution in [2.75, 3.05) is 14.2 Å². The molecule has 0 spiro atoms.